The van der Waals surface area contributed by atoms with Crippen molar-refractivity contribution in [1.29, 1.82) is 5.26 Å². The van der Waals surface area contributed by atoms with Crippen LogP contribution in [-0.2, 0) is 0 Å². The van der Waals surface area contributed by atoms with Crippen molar-refractivity contribution >= 4 is 5.96 Å². The van der Waals surface area contributed by atoms with Crippen molar-refractivity contribution in [3.8, 4) is 6.07 Å². The van der Waals surface area contributed by atoms with Crippen LogP contribution in [0.2, 0.25) is 0 Å². The maximum Gasteiger partial charge on any atom is 0.195 e. The number of nitrogens with one attached hydrogen (secondary N) is 1. The Morgan fingerprint density at radius 3 is 2.56 bits per heavy atom. The summed E-state index contributed by atoms with van der Waals surface area (Å²) in [5, 5.41) is 11.7. The average Bonchev–Trinajstić information content (AvgIpc) is 2.29. The highest BCUT2D eigenvalue weighted by atomic mass is 15.2. The molecular weight excluding hydrogens is 202 g/mol. The Bertz CT molecular complexity index is 495. The van der Waals surface area contributed by atoms with E-state index in [0.29, 0.717) is 5.57 Å². The lowest BCUT2D eigenvalue weighted by atomic mass is 9.99. The number of aliphatic imine (C=N–C) groups is 1. The third kappa shape index (κ3) is 1.68. The van der Waals surface area contributed by atoms with Crippen LogP contribution in [0.5, 0.6) is 0 Å². The van der Waals surface area contributed by atoms with Crippen LogP contribution in [0.3, 0.4) is 0 Å². The second kappa shape index (κ2) is 3.95. The fourth-order valence-corrected chi connectivity index (χ4v) is 1.59. The summed E-state index contributed by atoms with van der Waals surface area (Å²) >= 11 is 0. The minimum absolute atomic E-state index is 0.227. The Morgan fingerprint density at radius 2 is 1.94 bits per heavy atom. The second-order valence-electron chi connectivity index (χ2n) is 3.39. The molecule has 0 amide bonds. The molecule has 0 aliphatic carbocycles. The van der Waals surface area contributed by atoms with Crippen LogP contribution in [0.15, 0.2) is 46.7 Å². The molecular formula is C11H11N5. The highest BCUT2D eigenvalue weighted by Gasteiger charge is 2.23. The number of hydrogen-bond donors (Lipinski definition) is 3. The van der Waals surface area contributed by atoms with E-state index < -0.39 is 6.04 Å². The molecule has 1 heterocycles. The Labute approximate surface area is 93.1 Å². The number of hydrogen-bond acceptors (Lipinski definition) is 5. The van der Waals surface area contributed by atoms with Gasteiger partial charge in [0.15, 0.2) is 5.96 Å². The first kappa shape index (κ1) is 10.1. The van der Waals surface area contributed by atoms with E-state index in [0.717, 1.165) is 5.56 Å². The molecule has 1 atom stereocenters. The Balaban J connectivity index is 2.47. The van der Waals surface area contributed by atoms with Gasteiger partial charge in [-0.25, -0.2) is 4.99 Å². The zero-order chi connectivity index (χ0) is 11.5. The van der Waals surface area contributed by atoms with Gasteiger partial charge in [0.1, 0.15) is 17.9 Å². The molecule has 2 rings (SSSR count). The van der Waals surface area contributed by atoms with Gasteiger partial charge in [0, 0.05) is 0 Å². The number of nitrogens with two attached hydrogens (primary N) is 2. The lowest BCUT2D eigenvalue weighted by Crippen LogP contribution is -2.39. The van der Waals surface area contributed by atoms with Gasteiger partial charge in [-0.1, -0.05) is 30.3 Å². The largest absolute Gasteiger partial charge is 0.384 e. The van der Waals surface area contributed by atoms with Crippen LogP contribution in [0.1, 0.15) is 11.6 Å². The van der Waals surface area contributed by atoms with Crippen LogP contribution >= 0.6 is 0 Å². The first-order valence-electron chi connectivity index (χ1n) is 4.77. The summed E-state index contributed by atoms with van der Waals surface area (Å²) < 4.78 is 0. The van der Waals surface area contributed by atoms with Crippen LogP contribution in [-0.4, -0.2) is 5.96 Å². The van der Waals surface area contributed by atoms with Gasteiger partial charge in [0.25, 0.3) is 0 Å². The summed E-state index contributed by atoms with van der Waals surface area (Å²) in [6, 6.07) is 11.1. The zero-order valence-electron chi connectivity index (χ0n) is 8.51. The van der Waals surface area contributed by atoms with Crippen LogP contribution in [0, 0.1) is 11.3 Å². The third-order valence-corrected chi connectivity index (χ3v) is 2.33. The van der Waals surface area contributed by atoms with E-state index in [1.165, 1.54) is 0 Å². The van der Waals surface area contributed by atoms with E-state index in [-0.39, 0.29) is 11.8 Å². The SMILES string of the molecule is N#CC1=C(N)NC(N)=N[C@H]1c1ccccc1. The van der Waals surface area contributed by atoms with Crippen molar-refractivity contribution in [2.45, 2.75) is 6.04 Å². The normalized spacial score (nSPS) is 19.7. The van der Waals surface area contributed by atoms with E-state index in [2.05, 4.69) is 16.4 Å². The van der Waals surface area contributed by atoms with Gasteiger partial charge in [-0.2, -0.15) is 5.26 Å². The van der Waals surface area contributed by atoms with Gasteiger partial charge >= 0.3 is 0 Å². The van der Waals surface area contributed by atoms with E-state index in [9.17, 15) is 0 Å². The first-order valence-corrected chi connectivity index (χ1v) is 4.77. The molecule has 1 aromatic carbocycles. The fourth-order valence-electron chi connectivity index (χ4n) is 1.59. The molecule has 16 heavy (non-hydrogen) atoms. The Kier molecular flexibility index (Phi) is 2.48. The summed E-state index contributed by atoms with van der Waals surface area (Å²) in [6.45, 7) is 0. The van der Waals surface area contributed by atoms with Crippen molar-refractivity contribution in [1.82, 2.24) is 5.32 Å². The Morgan fingerprint density at radius 1 is 1.25 bits per heavy atom. The molecule has 1 aromatic rings. The standard InChI is InChI=1S/C11H11N5/c12-6-8-9(7-4-2-1-3-5-7)15-11(14)16-10(8)13/h1-5,9H,13H2,(H3,14,15,16)/t9-/m0/s1. The maximum atomic E-state index is 9.04. The van der Waals surface area contributed by atoms with E-state index in [1.807, 2.05) is 30.3 Å². The van der Waals surface area contributed by atoms with Gasteiger partial charge in [0.2, 0.25) is 0 Å². The molecule has 0 fully saturated rings. The van der Waals surface area contributed by atoms with Crippen molar-refractivity contribution in [3.05, 3.63) is 47.3 Å². The predicted molar refractivity (Wildman–Crippen MR) is 60.8 cm³/mol. The molecule has 0 spiro atoms. The highest BCUT2D eigenvalue weighted by molar-refractivity contribution is 5.82. The zero-order valence-corrected chi connectivity index (χ0v) is 8.51. The summed E-state index contributed by atoms with van der Waals surface area (Å²) in [5.41, 5.74) is 12.6. The van der Waals surface area contributed by atoms with Crippen molar-refractivity contribution in [2.24, 2.45) is 16.5 Å². The Hall–Kier alpha value is -2.48. The lowest BCUT2D eigenvalue weighted by molar-refractivity contribution is 0.795. The van der Waals surface area contributed by atoms with E-state index >= 15 is 0 Å². The molecule has 1 aliphatic heterocycles. The van der Waals surface area contributed by atoms with Crippen molar-refractivity contribution < 1.29 is 0 Å². The molecule has 5 N–H and O–H groups in total. The van der Waals surface area contributed by atoms with E-state index in [1.54, 1.807) is 0 Å². The quantitative estimate of drug-likeness (QED) is 0.626. The number of nitriles is 1. The van der Waals surface area contributed by atoms with Gasteiger partial charge in [-0.3, -0.25) is 0 Å². The molecule has 5 heteroatoms. The summed E-state index contributed by atoms with van der Waals surface area (Å²) in [7, 11) is 0. The molecule has 0 aromatic heterocycles. The molecule has 0 saturated heterocycles. The first-order chi connectivity index (χ1) is 7.72. The summed E-state index contributed by atoms with van der Waals surface area (Å²) in [5.74, 6) is 0.495. The molecule has 0 radical (unpaired) electrons. The summed E-state index contributed by atoms with van der Waals surface area (Å²) in [6.07, 6.45) is 0. The average molecular weight is 213 g/mol. The van der Waals surface area contributed by atoms with Crippen LogP contribution in [0.25, 0.3) is 0 Å². The van der Waals surface area contributed by atoms with Gasteiger partial charge in [-0.05, 0) is 5.56 Å². The molecule has 0 saturated carbocycles. The molecule has 0 unspecified atom stereocenters. The molecule has 80 valence electrons. The van der Waals surface area contributed by atoms with Gasteiger partial charge in [0.05, 0.1) is 5.57 Å². The van der Waals surface area contributed by atoms with Crippen LogP contribution in [0.4, 0.5) is 0 Å². The van der Waals surface area contributed by atoms with Crippen LogP contribution < -0.4 is 16.8 Å². The number of rotatable bonds is 1. The lowest BCUT2D eigenvalue weighted by Gasteiger charge is -2.20. The number of nitrogens with zero attached hydrogens (tertiary/aromatic N) is 2. The van der Waals surface area contributed by atoms with E-state index in [4.69, 9.17) is 16.7 Å². The maximum absolute atomic E-state index is 9.04. The highest BCUT2D eigenvalue weighted by Crippen LogP contribution is 2.27. The predicted octanol–water partition coefficient (Wildman–Crippen LogP) is 0.339. The van der Waals surface area contributed by atoms with Crippen molar-refractivity contribution in [2.75, 3.05) is 0 Å². The topological polar surface area (TPSA) is 100 Å². The van der Waals surface area contributed by atoms with Crippen molar-refractivity contribution in [3.63, 3.8) is 0 Å². The molecule has 1 aliphatic rings. The fraction of sp³-hybridized carbons (Fsp3) is 0.0909. The monoisotopic (exact) mass is 213 g/mol. The minimum atomic E-state index is -0.410. The molecule has 5 nitrogen and oxygen atoms in total. The van der Waals surface area contributed by atoms with Gasteiger partial charge < -0.3 is 16.8 Å². The number of benzene rings is 1. The second-order valence-corrected chi connectivity index (χ2v) is 3.39. The molecule has 0 bridgehead atoms. The number of guanidine groups is 1. The smallest absolute Gasteiger partial charge is 0.195 e. The minimum Gasteiger partial charge on any atom is -0.384 e. The summed E-state index contributed by atoms with van der Waals surface area (Å²) in [4.78, 5) is 4.18. The van der Waals surface area contributed by atoms with Gasteiger partial charge in [-0.15, -0.1) is 0 Å². The third-order valence-electron chi connectivity index (χ3n) is 2.33.